The van der Waals surface area contributed by atoms with E-state index in [0.717, 1.165) is 0 Å². The zero-order chi connectivity index (χ0) is 19.3. The smallest absolute Gasteiger partial charge is 0.289 e. The molecule has 1 aromatic rings. The molecular weight excluding hydrogens is 355 g/mol. The molecule has 3 aliphatic rings. The van der Waals surface area contributed by atoms with Crippen molar-refractivity contribution in [2.75, 3.05) is 33.3 Å². The number of carbonyl (C=O) groups is 2. The van der Waals surface area contributed by atoms with Gasteiger partial charge in [-0.25, -0.2) is 9.38 Å². The lowest BCUT2D eigenvalue weighted by atomic mass is 10.0. The van der Waals surface area contributed by atoms with Gasteiger partial charge in [-0.1, -0.05) is 0 Å². The molecule has 3 unspecified atom stereocenters. The van der Waals surface area contributed by atoms with Crippen molar-refractivity contribution in [1.29, 1.82) is 0 Å². The fraction of sp³-hybridized carbons (Fsp3) is 0.588. The normalized spacial score (nSPS) is 27.6. The summed E-state index contributed by atoms with van der Waals surface area (Å²) in [4.78, 5) is 36.1. The van der Waals surface area contributed by atoms with Crippen molar-refractivity contribution in [3.63, 3.8) is 0 Å². The number of aromatic nitrogens is 2. The Morgan fingerprint density at radius 3 is 2.48 bits per heavy atom. The molecule has 9 nitrogen and oxygen atoms in total. The highest BCUT2D eigenvalue weighted by Gasteiger charge is 2.44. The van der Waals surface area contributed by atoms with Gasteiger partial charge < -0.3 is 14.5 Å². The number of guanidine groups is 1. The number of rotatable bonds is 2. The number of aryl methyl sites for hydroxylation is 1. The Hall–Kier alpha value is -2.78. The van der Waals surface area contributed by atoms with Gasteiger partial charge in [-0.3, -0.25) is 14.3 Å². The number of halogens is 1. The molecule has 2 amide bonds. The Kier molecular flexibility index (Phi) is 4.20. The first-order chi connectivity index (χ1) is 12.9. The van der Waals surface area contributed by atoms with Crippen LogP contribution >= 0.6 is 0 Å². The van der Waals surface area contributed by atoms with Gasteiger partial charge in [-0.05, 0) is 6.92 Å². The number of aliphatic imine (C=N–C) groups is 2. The van der Waals surface area contributed by atoms with E-state index in [2.05, 4.69) is 15.1 Å². The van der Waals surface area contributed by atoms with E-state index in [9.17, 15) is 14.0 Å². The van der Waals surface area contributed by atoms with Crippen LogP contribution in [0.3, 0.4) is 0 Å². The summed E-state index contributed by atoms with van der Waals surface area (Å²) in [6.07, 6.45) is -0.0760. The van der Waals surface area contributed by atoms with Crippen LogP contribution in [0, 0.1) is 11.8 Å². The van der Waals surface area contributed by atoms with Crippen LogP contribution in [0.25, 0.3) is 0 Å². The molecule has 4 rings (SSSR count). The molecule has 10 heteroatoms. The molecule has 0 saturated carbocycles. The number of amides is 2. The van der Waals surface area contributed by atoms with Gasteiger partial charge in [0.1, 0.15) is 5.56 Å². The summed E-state index contributed by atoms with van der Waals surface area (Å²) >= 11 is 0. The molecular formula is C17H21FN6O3. The zero-order valence-corrected chi connectivity index (χ0v) is 15.4. The van der Waals surface area contributed by atoms with Gasteiger partial charge in [0.05, 0.1) is 12.8 Å². The number of nitrogens with zero attached hydrogens (tertiary/aromatic N) is 6. The van der Waals surface area contributed by atoms with Crippen LogP contribution in [0.15, 0.2) is 16.2 Å². The molecule has 0 bridgehead atoms. The summed E-state index contributed by atoms with van der Waals surface area (Å²) in [5.74, 6) is 0.228. The number of ether oxygens (including phenoxy) is 1. The predicted octanol–water partition coefficient (Wildman–Crippen LogP) is 0.128. The summed E-state index contributed by atoms with van der Waals surface area (Å²) in [5, 5.41) is 4.13. The SMILES string of the molecule is COc1nn(C)cc1C(=O)N1CC2CN(C3=NC(=O)C(F)C(C)=N3)CC2C1. The van der Waals surface area contributed by atoms with E-state index in [1.165, 1.54) is 14.0 Å². The topological polar surface area (TPSA) is 92.4 Å². The van der Waals surface area contributed by atoms with Gasteiger partial charge in [0.2, 0.25) is 18.0 Å². The van der Waals surface area contributed by atoms with E-state index in [1.807, 2.05) is 9.80 Å². The van der Waals surface area contributed by atoms with Crippen molar-refractivity contribution in [3.8, 4) is 5.88 Å². The van der Waals surface area contributed by atoms with Crippen molar-refractivity contribution in [2.24, 2.45) is 28.9 Å². The first-order valence-corrected chi connectivity index (χ1v) is 8.81. The maximum atomic E-state index is 13.6. The highest BCUT2D eigenvalue weighted by molar-refractivity contribution is 6.16. The van der Waals surface area contributed by atoms with Crippen LogP contribution in [-0.4, -0.2) is 82.5 Å². The molecule has 0 aromatic carbocycles. The van der Waals surface area contributed by atoms with Gasteiger partial charge >= 0.3 is 0 Å². The number of methoxy groups -OCH3 is 1. The monoisotopic (exact) mass is 376 g/mol. The Labute approximate surface area is 155 Å². The largest absolute Gasteiger partial charge is 0.479 e. The maximum Gasteiger partial charge on any atom is 0.289 e. The van der Waals surface area contributed by atoms with Crippen molar-refractivity contribution in [2.45, 2.75) is 13.1 Å². The molecule has 2 saturated heterocycles. The molecule has 1 aromatic heterocycles. The molecule has 0 spiro atoms. The minimum Gasteiger partial charge on any atom is -0.479 e. The standard InChI is InChI=1S/C17H21FN6O3/c1-9-13(18)14(25)20-17(19-9)24-6-10-4-23(5-11(10)7-24)16(26)12-8-22(2)21-15(12)27-3/h8,10-11,13H,4-7H2,1-3H3. The summed E-state index contributed by atoms with van der Waals surface area (Å²) < 4.78 is 20.3. The van der Waals surface area contributed by atoms with Gasteiger partial charge in [-0.15, -0.1) is 5.10 Å². The lowest BCUT2D eigenvalue weighted by Crippen LogP contribution is -2.38. The molecule has 0 radical (unpaired) electrons. The molecule has 27 heavy (non-hydrogen) atoms. The summed E-state index contributed by atoms with van der Waals surface area (Å²) in [6, 6.07) is 0. The van der Waals surface area contributed by atoms with E-state index in [-0.39, 0.29) is 29.4 Å². The van der Waals surface area contributed by atoms with Gasteiger partial charge in [0.15, 0.2) is 0 Å². The summed E-state index contributed by atoms with van der Waals surface area (Å²) in [5.41, 5.74) is 0.593. The molecule has 144 valence electrons. The van der Waals surface area contributed by atoms with Crippen LogP contribution in [0.4, 0.5) is 4.39 Å². The minimum atomic E-state index is -1.74. The second-order valence-electron chi connectivity index (χ2n) is 7.23. The first-order valence-electron chi connectivity index (χ1n) is 8.81. The van der Waals surface area contributed by atoms with Crippen LogP contribution < -0.4 is 4.74 Å². The van der Waals surface area contributed by atoms with E-state index >= 15 is 0 Å². The minimum absolute atomic E-state index is 0.0970. The van der Waals surface area contributed by atoms with Gasteiger partial charge in [-0.2, -0.15) is 4.99 Å². The second-order valence-corrected chi connectivity index (χ2v) is 7.23. The van der Waals surface area contributed by atoms with Gasteiger partial charge in [0, 0.05) is 51.3 Å². The fourth-order valence-electron chi connectivity index (χ4n) is 3.97. The molecule has 2 fully saturated rings. The Morgan fingerprint density at radius 1 is 1.22 bits per heavy atom. The number of likely N-dealkylation sites (tertiary alicyclic amines) is 2. The summed E-state index contributed by atoms with van der Waals surface area (Å²) in [7, 11) is 3.24. The zero-order valence-electron chi connectivity index (χ0n) is 15.4. The average molecular weight is 376 g/mol. The number of hydrogen-bond acceptors (Lipinski definition) is 6. The van der Waals surface area contributed by atoms with E-state index in [1.54, 1.807) is 17.9 Å². The highest BCUT2D eigenvalue weighted by atomic mass is 19.1. The third-order valence-electron chi connectivity index (χ3n) is 5.35. The van der Waals surface area contributed by atoms with Crippen LogP contribution in [0.5, 0.6) is 5.88 Å². The maximum absolute atomic E-state index is 13.6. The summed E-state index contributed by atoms with van der Waals surface area (Å²) in [6.45, 7) is 3.98. The third kappa shape index (κ3) is 2.98. The quantitative estimate of drug-likeness (QED) is 0.731. The molecule has 0 N–H and O–H groups in total. The lowest BCUT2D eigenvalue weighted by Gasteiger charge is -2.24. The van der Waals surface area contributed by atoms with Gasteiger partial charge in [0.25, 0.3) is 11.8 Å². The van der Waals surface area contributed by atoms with Crippen molar-refractivity contribution < 1.29 is 18.7 Å². The molecule has 3 atom stereocenters. The first kappa shape index (κ1) is 17.6. The Bertz CT molecular complexity index is 849. The molecule has 0 aliphatic carbocycles. The highest BCUT2D eigenvalue weighted by Crippen LogP contribution is 2.33. The van der Waals surface area contributed by atoms with Crippen molar-refractivity contribution >= 4 is 23.5 Å². The predicted molar refractivity (Wildman–Crippen MR) is 94.7 cm³/mol. The Morgan fingerprint density at radius 2 is 1.89 bits per heavy atom. The number of hydrogen-bond donors (Lipinski definition) is 0. The third-order valence-corrected chi connectivity index (χ3v) is 5.35. The van der Waals surface area contributed by atoms with Crippen LogP contribution in [0.1, 0.15) is 17.3 Å². The van der Waals surface area contributed by atoms with Crippen LogP contribution in [0.2, 0.25) is 0 Å². The fourth-order valence-corrected chi connectivity index (χ4v) is 3.97. The Balaban J connectivity index is 1.44. The van der Waals surface area contributed by atoms with Crippen LogP contribution in [-0.2, 0) is 11.8 Å². The number of carbonyl (C=O) groups excluding carboxylic acids is 2. The number of fused-ring (bicyclic) bond motifs is 1. The molecule has 3 aliphatic heterocycles. The van der Waals surface area contributed by atoms with E-state index in [4.69, 9.17) is 4.74 Å². The van der Waals surface area contributed by atoms with E-state index < -0.39 is 12.1 Å². The number of alkyl halides is 1. The van der Waals surface area contributed by atoms with Crippen molar-refractivity contribution in [3.05, 3.63) is 11.8 Å². The van der Waals surface area contributed by atoms with Crippen molar-refractivity contribution in [1.82, 2.24) is 19.6 Å². The van der Waals surface area contributed by atoms with E-state index in [0.29, 0.717) is 37.6 Å². The lowest BCUT2D eigenvalue weighted by molar-refractivity contribution is -0.120. The molecule has 4 heterocycles. The average Bonchev–Trinajstić information content (AvgIpc) is 3.30. The second kappa shape index (κ2) is 6.43.